The number of aliphatic hydroxyl groups is 4. The molecule has 0 aromatic rings. The number of rotatable bonds is 14. The Morgan fingerprint density at radius 3 is 1.96 bits per heavy atom. The minimum absolute atomic E-state index is 0.411. The van der Waals surface area contributed by atoms with Crippen molar-refractivity contribution < 1.29 is 25.2 Å². The second-order valence-corrected chi connectivity index (χ2v) is 6.41. The first-order valence-corrected chi connectivity index (χ1v) is 9.27. The van der Waals surface area contributed by atoms with Gasteiger partial charge in [-0.1, -0.05) is 0 Å². The molecule has 1 saturated heterocycles. The molecule has 0 aliphatic carbocycles. The predicted molar refractivity (Wildman–Crippen MR) is 95.0 cm³/mol. The maximum atomic E-state index is 9.89. The first-order valence-electron chi connectivity index (χ1n) is 9.27. The zero-order chi connectivity index (χ0) is 18.5. The fraction of sp³-hybridized carbons (Fsp3) is 1.00. The van der Waals surface area contributed by atoms with Crippen molar-refractivity contribution in [2.45, 2.75) is 56.3 Å². The van der Waals surface area contributed by atoms with Crippen molar-refractivity contribution in [2.24, 2.45) is 5.73 Å². The van der Waals surface area contributed by atoms with Crippen molar-refractivity contribution in [3.05, 3.63) is 0 Å². The van der Waals surface area contributed by atoms with Crippen molar-refractivity contribution in [3.8, 4) is 0 Å². The van der Waals surface area contributed by atoms with Crippen LogP contribution in [0.3, 0.4) is 0 Å². The first-order chi connectivity index (χ1) is 12.1. The van der Waals surface area contributed by atoms with Crippen LogP contribution < -0.4 is 21.7 Å². The van der Waals surface area contributed by atoms with Gasteiger partial charge in [0, 0.05) is 0 Å². The summed E-state index contributed by atoms with van der Waals surface area (Å²) in [6, 6.07) is 0. The lowest BCUT2D eigenvalue weighted by Gasteiger charge is -2.40. The summed E-state index contributed by atoms with van der Waals surface area (Å²) in [6.07, 6.45) is -1.45. The second-order valence-electron chi connectivity index (χ2n) is 6.41. The molecule has 150 valence electrons. The molecule has 25 heavy (non-hydrogen) atoms. The van der Waals surface area contributed by atoms with Crippen LogP contribution in [0.5, 0.6) is 0 Å². The molecule has 0 aromatic carbocycles. The van der Waals surface area contributed by atoms with Crippen molar-refractivity contribution in [3.63, 3.8) is 0 Å². The maximum Gasteiger partial charge on any atom is 0.137 e. The smallest absolute Gasteiger partial charge is 0.137 e. The predicted octanol–water partition coefficient (Wildman–Crippen LogP) is -2.93. The van der Waals surface area contributed by atoms with Gasteiger partial charge in [-0.05, 0) is 65.0 Å². The molecule has 0 aromatic heterocycles. The minimum Gasteiger partial charge on any atom is -0.394 e. The number of nitrogens with two attached hydrogens (primary N) is 1. The van der Waals surface area contributed by atoms with Gasteiger partial charge in [0.05, 0.1) is 6.61 Å². The summed E-state index contributed by atoms with van der Waals surface area (Å²) in [7, 11) is 0. The number of hydrogen-bond donors (Lipinski definition) is 8. The van der Waals surface area contributed by atoms with Gasteiger partial charge >= 0.3 is 0 Å². The molecule has 1 rings (SSSR count). The van der Waals surface area contributed by atoms with Crippen molar-refractivity contribution in [2.75, 3.05) is 45.9 Å². The van der Waals surface area contributed by atoms with E-state index in [2.05, 4.69) is 16.0 Å². The molecule has 1 aliphatic rings. The largest absolute Gasteiger partial charge is 0.394 e. The van der Waals surface area contributed by atoms with Crippen LogP contribution in [0.1, 0.15) is 25.7 Å². The standard InChI is InChI=1S/C16H36N4O5/c17-5-3-8-18-6-1-2-7-19-9-4-10-20-16-15(24)14(23)13(22)12(11-21)25-16/h12-16,18-24H,1-11,17H2/t12-,13-,14+,15+,16?/m1/s1. The molecule has 1 fully saturated rings. The number of ether oxygens (including phenoxy) is 1. The Balaban J connectivity index is 1.99. The van der Waals surface area contributed by atoms with E-state index in [1.165, 1.54) is 0 Å². The third kappa shape index (κ3) is 8.72. The highest BCUT2D eigenvalue weighted by Crippen LogP contribution is 2.19. The molecule has 9 N–H and O–H groups in total. The molecule has 5 atom stereocenters. The summed E-state index contributed by atoms with van der Waals surface area (Å²) >= 11 is 0. The highest BCUT2D eigenvalue weighted by molar-refractivity contribution is 4.90. The molecule has 1 unspecified atom stereocenters. The Kier molecular flexibility index (Phi) is 12.5. The van der Waals surface area contributed by atoms with E-state index in [4.69, 9.17) is 15.6 Å². The molecule has 0 spiro atoms. The van der Waals surface area contributed by atoms with Crippen LogP contribution in [0, 0.1) is 0 Å². The Bertz CT molecular complexity index is 325. The van der Waals surface area contributed by atoms with E-state index in [-0.39, 0.29) is 0 Å². The summed E-state index contributed by atoms with van der Waals surface area (Å²) in [5.74, 6) is 0. The van der Waals surface area contributed by atoms with Crippen molar-refractivity contribution in [1.29, 1.82) is 0 Å². The monoisotopic (exact) mass is 364 g/mol. The normalized spacial score (nSPS) is 29.9. The zero-order valence-electron chi connectivity index (χ0n) is 14.9. The summed E-state index contributed by atoms with van der Waals surface area (Å²) < 4.78 is 5.37. The van der Waals surface area contributed by atoms with Gasteiger partial charge in [0.15, 0.2) is 0 Å². The van der Waals surface area contributed by atoms with E-state index < -0.39 is 37.3 Å². The topological polar surface area (TPSA) is 152 Å². The fourth-order valence-electron chi connectivity index (χ4n) is 2.70. The highest BCUT2D eigenvalue weighted by atomic mass is 16.6. The fourth-order valence-corrected chi connectivity index (χ4v) is 2.70. The third-order valence-electron chi connectivity index (χ3n) is 4.28. The molecule has 0 radical (unpaired) electrons. The third-order valence-corrected chi connectivity index (χ3v) is 4.28. The summed E-state index contributed by atoms with van der Waals surface area (Å²) in [5.41, 5.74) is 5.42. The van der Waals surface area contributed by atoms with Crippen LogP contribution in [-0.4, -0.2) is 96.9 Å². The van der Waals surface area contributed by atoms with E-state index in [0.29, 0.717) is 6.54 Å². The Labute approximate surface area is 149 Å². The van der Waals surface area contributed by atoms with Gasteiger partial charge in [0.2, 0.25) is 0 Å². The Hall–Kier alpha value is -0.360. The number of hydrogen-bond acceptors (Lipinski definition) is 9. The van der Waals surface area contributed by atoms with Gasteiger partial charge < -0.3 is 41.5 Å². The van der Waals surface area contributed by atoms with Crippen LogP contribution in [-0.2, 0) is 4.74 Å². The lowest BCUT2D eigenvalue weighted by molar-refractivity contribution is -0.236. The molecule has 1 heterocycles. The Morgan fingerprint density at radius 1 is 0.760 bits per heavy atom. The molecule has 1 aliphatic heterocycles. The highest BCUT2D eigenvalue weighted by Gasteiger charge is 2.42. The number of aliphatic hydroxyl groups excluding tert-OH is 4. The summed E-state index contributed by atoms with van der Waals surface area (Å²) in [4.78, 5) is 0. The van der Waals surface area contributed by atoms with Crippen LogP contribution >= 0.6 is 0 Å². The minimum atomic E-state index is -1.33. The number of nitrogens with one attached hydrogen (secondary N) is 3. The molecule has 0 bridgehead atoms. The Morgan fingerprint density at radius 2 is 1.36 bits per heavy atom. The van der Waals surface area contributed by atoms with Crippen molar-refractivity contribution in [1.82, 2.24) is 16.0 Å². The molecule has 0 saturated carbocycles. The van der Waals surface area contributed by atoms with Gasteiger partial charge in [-0.15, -0.1) is 0 Å². The van der Waals surface area contributed by atoms with Gasteiger partial charge in [-0.25, -0.2) is 0 Å². The van der Waals surface area contributed by atoms with Crippen LogP contribution in [0.2, 0.25) is 0 Å². The van der Waals surface area contributed by atoms with Crippen LogP contribution in [0.25, 0.3) is 0 Å². The average Bonchev–Trinajstić information content (AvgIpc) is 2.62. The molecular formula is C16H36N4O5. The van der Waals surface area contributed by atoms with Crippen LogP contribution in [0.15, 0.2) is 0 Å². The quantitative estimate of drug-likeness (QED) is 0.151. The van der Waals surface area contributed by atoms with E-state index >= 15 is 0 Å². The molecule has 9 heteroatoms. The first kappa shape index (κ1) is 22.7. The van der Waals surface area contributed by atoms with Gasteiger partial charge in [-0.3, -0.25) is 5.32 Å². The maximum absolute atomic E-state index is 9.89. The van der Waals surface area contributed by atoms with E-state index in [1.807, 2.05) is 0 Å². The van der Waals surface area contributed by atoms with E-state index in [0.717, 1.165) is 58.4 Å². The summed E-state index contributed by atoms with van der Waals surface area (Å²) in [6.45, 7) is 4.70. The van der Waals surface area contributed by atoms with E-state index in [9.17, 15) is 15.3 Å². The molecule has 9 nitrogen and oxygen atoms in total. The number of unbranched alkanes of at least 4 members (excludes halogenated alkanes) is 1. The summed E-state index contributed by atoms with van der Waals surface area (Å²) in [5, 5.41) is 48.1. The molecular weight excluding hydrogens is 328 g/mol. The average molecular weight is 364 g/mol. The zero-order valence-corrected chi connectivity index (χ0v) is 14.9. The van der Waals surface area contributed by atoms with Gasteiger partial charge in [0.25, 0.3) is 0 Å². The van der Waals surface area contributed by atoms with Crippen LogP contribution in [0.4, 0.5) is 0 Å². The molecule has 0 amide bonds. The SMILES string of the molecule is NCCCNCCCCNCCCNC1O[C@H](CO)[C@@H](O)[C@H](O)[C@@H]1O. The lowest BCUT2D eigenvalue weighted by Crippen LogP contribution is -2.62. The van der Waals surface area contributed by atoms with Crippen molar-refractivity contribution >= 4 is 0 Å². The van der Waals surface area contributed by atoms with Gasteiger partial charge in [-0.2, -0.15) is 0 Å². The van der Waals surface area contributed by atoms with Gasteiger partial charge in [0.1, 0.15) is 30.6 Å². The second kappa shape index (κ2) is 13.8. The lowest BCUT2D eigenvalue weighted by atomic mass is 9.98. The van der Waals surface area contributed by atoms with E-state index in [1.54, 1.807) is 0 Å².